The SMILES string of the molecule is c1ccc2cc3c4c5c(cccc5cc3cc2c1)CC4. The first-order chi connectivity index (χ1) is 9.90. The van der Waals surface area contributed by atoms with E-state index in [0.717, 1.165) is 0 Å². The Morgan fingerprint density at radius 3 is 2.25 bits per heavy atom. The Kier molecular flexibility index (Phi) is 1.88. The van der Waals surface area contributed by atoms with Gasteiger partial charge in [0.05, 0.1) is 0 Å². The second-order valence-electron chi connectivity index (χ2n) is 5.79. The maximum Gasteiger partial charge on any atom is -0.0113 e. The van der Waals surface area contributed by atoms with Crippen LogP contribution in [0.4, 0.5) is 0 Å². The number of hydrogen-bond donors (Lipinski definition) is 0. The third-order valence-corrected chi connectivity index (χ3v) is 4.68. The molecule has 1 aliphatic rings. The molecule has 0 saturated heterocycles. The highest BCUT2D eigenvalue weighted by Crippen LogP contribution is 2.37. The summed E-state index contributed by atoms with van der Waals surface area (Å²) in [5.41, 5.74) is 3.08. The van der Waals surface area contributed by atoms with Gasteiger partial charge < -0.3 is 0 Å². The first kappa shape index (κ1) is 10.4. The lowest BCUT2D eigenvalue weighted by Crippen LogP contribution is -1.85. The second-order valence-corrected chi connectivity index (χ2v) is 5.79. The molecule has 0 unspecified atom stereocenters. The van der Waals surface area contributed by atoms with Crippen LogP contribution < -0.4 is 0 Å². The van der Waals surface area contributed by atoms with Crippen LogP contribution in [0.2, 0.25) is 0 Å². The zero-order valence-corrected chi connectivity index (χ0v) is 11.2. The van der Waals surface area contributed by atoms with Gasteiger partial charge in [0.1, 0.15) is 0 Å². The molecule has 0 spiro atoms. The summed E-state index contributed by atoms with van der Waals surface area (Å²) < 4.78 is 0. The summed E-state index contributed by atoms with van der Waals surface area (Å²) in [6, 6.07) is 22.5. The standard InChI is InChI=1S/C20H14/c1-2-5-15-12-19-17(10-14(15)4-1)11-16-7-3-6-13-8-9-18(19)20(13)16/h1-7,10-12H,8-9H2. The molecule has 0 heteroatoms. The normalized spacial score (nSPS) is 13.6. The fourth-order valence-corrected chi connectivity index (χ4v) is 3.78. The van der Waals surface area contributed by atoms with Gasteiger partial charge in [0.15, 0.2) is 0 Å². The number of rotatable bonds is 0. The summed E-state index contributed by atoms with van der Waals surface area (Å²) in [5.74, 6) is 0. The molecule has 94 valence electrons. The average molecular weight is 254 g/mol. The summed E-state index contributed by atoms with van der Waals surface area (Å²) in [6.45, 7) is 0. The van der Waals surface area contributed by atoms with E-state index in [1.54, 1.807) is 5.56 Å². The van der Waals surface area contributed by atoms with Gasteiger partial charge in [-0.3, -0.25) is 0 Å². The van der Waals surface area contributed by atoms with Gasteiger partial charge in [0.25, 0.3) is 0 Å². The minimum Gasteiger partial charge on any atom is -0.0616 e. The highest BCUT2D eigenvalue weighted by Gasteiger charge is 2.17. The van der Waals surface area contributed by atoms with Gasteiger partial charge in [-0.25, -0.2) is 0 Å². The molecule has 0 aliphatic heterocycles. The highest BCUT2D eigenvalue weighted by atomic mass is 14.2. The third kappa shape index (κ3) is 1.26. The molecular formula is C20H14. The van der Waals surface area contributed by atoms with E-state index in [-0.39, 0.29) is 0 Å². The monoisotopic (exact) mass is 254 g/mol. The van der Waals surface area contributed by atoms with Gasteiger partial charge in [0, 0.05) is 0 Å². The Labute approximate surface area is 117 Å². The van der Waals surface area contributed by atoms with Crippen LogP contribution in [0.25, 0.3) is 32.3 Å². The summed E-state index contributed by atoms with van der Waals surface area (Å²) in [7, 11) is 0. The molecular weight excluding hydrogens is 240 g/mol. The van der Waals surface area contributed by atoms with Crippen molar-refractivity contribution in [3.8, 4) is 0 Å². The van der Waals surface area contributed by atoms with Crippen molar-refractivity contribution < 1.29 is 0 Å². The molecule has 4 aromatic rings. The van der Waals surface area contributed by atoms with Crippen molar-refractivity contribution in [1.29, 1.82) is 0 Å². The van der Waals surface area contributed by atoms with Crippen LogP contribution in [-0.2, 0) is 12.8 Å². The third-order valence-electron chi connectivity index (χ3n) is 4.68. The molecule has 0 nitrogen and oxygen atoms in total. The fourth-order valence-electron chi connectivity index (χ4n) is 3.78. The number of fused-ring (bicyclic) bond motifs is 3. The van der Waals surface area contributed by atoms with Crippen LogP contribution in [-0.4, -0.2) is 0 Å². The Morgan fingerprint density at radius 2 is 1.35 bits per heavy atom. The minimum absolute atomic E-state index is 1.19. The molecule has 20 heavy (non-hydrogen) atoms. The molecule has 1 aliphatic carbocycles. The van der Waals surface area contributed by atoms with E-state index >= 15 is 0 Å². The van der Waals surface area contributed by atoms with E-state index in [1.807, 2.05) is 0 Å². The lowest BCUT2D eigenvalue weighted by molar-refractivity contribution is 1.03. The first-order valence-electron chi connectivity index (χ1n) is 7.26. The Balaban J connectivity index is 2.05. The predicted molar refractivity (Wildman–Crippen MR) is 86.4 cm³/mol. The Morgan fingerprint density at radius 1 is 0.600 bits per heavy atom. The van der Waals surface area contributed by atoms with Crippen LogP contribution in [0.5, 0.6) is 0 Å². The van der Waals surface area contributed by atoms with Crippen molar-refractivity contribution in [3.63, 3.8) is 0 Å². The van der Waals surface area contributed by atoms with Gasteiger partial charge in [-0.1, -0.05) is 42.5 Å². The van der Waals surface area contributed by atoms with Crippen LogP contribution in [0, 0.1) is 0 Å². The molecule has 0 aromatic heterocycles. The topological polar surface area (TPSA) is 0 Å². The van der Waals surface area contributed by atoms with Crippen molar-refractivity contribution in [1.82, 2.24) is 0 Å². The van der Waals surface area contributed by atoms with Crippen molar-refractivity contribution in [2.24, 2.45) is 0 Å². The van der Waals surface area contributed by atoms with Gasteiger partial charge >= 0.3 is 0 Å². The molecule has 0 atom stereocenters. The molecule has 0 radical (unpaired) electrons. The number of aryl methyl sites for hydroxylation is 2. The Hall–Kier alpha value is -2.34. The van der Waals surface area contributed by atoms with Crippen molar-refractivity contribution in [2.45, 2.75) is 12.8 Å². The maximum atomic E-state index is 2.38. The molecule has 0 saturated carbocycles. The van der Waals surface area contributed by atoms with Crippen LogP contribution in [0.1, 0.15) is 11.1 Å². The van der Waals surface area contributed by atoms with E-state index in [1.165, 1.54) is 50.7 Å². The average Bonchev–Trinajstić information content (AvgIpc) is 2.92. The van der Waals surface area contributed by atoms with Crippen LogP contribution in [0.3, 0.4) is 0 Å². The number of benzene rings is 4. The molecule has 0 bridgehead atoms. The van der Waals surface area contributed by atoms with E-state index in [0.29, 0.717) is 0 Å². The van der Waals surface area contributed by atoms with Gasteiger partial charge in [-0.2, -0.15) is 0 Å². The summed E-state index contributed by atoms with van der Waals surface area (Å²) in [4.78, 5) is 0. The molecule has 4 aromatic carbocycles. The van der Waals surface area contributed by atoms with Gasteiger partial charge in [-0.05, 0) is 74.5 Å². The lowest BCUT2D eigenvalue weighted by Gasteiger charge is -2.09. The Bertz CT molecular complexity index is 993. The summed E-state index contributed by atoms with van der Waals surface area (Å²) in [6.07, 6.45) is 2.38. The minimum atomic E-state index is 1.19. The van der Waals surface area contributed by atoms with E-state index in [9.17, 15) is 0 Å². The first-order valence-corrected chi connectivity index (χ1v) is 7.26. The molecule has 0 N–H and O–H groups in total. The summed E-state index contributed by atoms with van der Waals surface area (Å²) >= 11 is 0. The second kappa shape index (κ2) is 3.61. The summed E-state index contributed by atoms with van der Waals surface area (Å²) in [5, 5.41) is 8.42. The van der Waals surface area contributed by atoms with Crippen LogP contribution >= 0.6 is 0 Å². The quantitative estimate of drug-likeness (QED) is 0.376. The van der Waals surface area contributed by atoms with Gasteiger partial charge in [-0.15, -0.1) is 0 Å². The fraction of sp³-hybridized carbons (Fsp3) is 0.100. The largest absolute Gasteiger partial charge is 0.0616 e. The molecule has 0 amide bonds. The lowest BCUT2D eigenvalue weighted by atomic mass is 9.95. The molecule has 0 fully saturated rings. The predicted octanol–water partition coefficient (Wildman–Crippen LogP) is 5.24. The number of hydrogen-bond acceptors (Lipinski definition) is 0. The van der Waals surface area contributed by atoms with E-state index in [2.05, 4.69) is 60.7 Å². The van der Waals surface area contributed by atoms with E-state index < -0.39 is 0 Å². The molecule has 5 rings (SSSR count). The maximum absolute atomic E-state index is 2.38. The zero-order valence-electron chi connectivity index (χ0n) is 11.2. The molecule has 0 heterocycles. The smallest absolute Gasteiger partial charge is 0.0113 e. The van der Waals surface area contributed by atoms with Crippen LogP contribution in [0.15, 0.2) is 60.7 Å². The zero-order chi connectivity index (χ0) is 13.1. The van der Waals surface area contributed by atoms with E-state index in [4.69, 9.17) is 0 Å². The van der Waals surface area contributed by atoms with Crippen molar-refractivity contribution in [3.05, 3.63) is 71.8 Å². The van der Waals surface area contributed by atoms with Crippen molar-refractivity contribution >= 4 is 32.3 Å². The highest BCUT2D eigenvalue weighted by molar-refractivity contribution is 6.09. The van der Waals surface area contributed by atoms with Gasteiger partial charge in [0.2, 0.25) is 0 Å². The van der Waals surface area contributed by atoms with Crippen molar-refractivity contribution in [2.75, 3.05) is 0 Å².